The molecule has 4 atom stereocenters. The number of ketones is 1. The third kappa shape index (κ3) is 7.45. The van der Waals surface area contributed by atoms with Crippen molar-refractivity contribution in [3.05, 3.63) is 112 Å². The van der Waals surface area contributed by atoms with E-state index in [4.69, 9.17) is 13.9 Å². The van der Waals surface area contributed by atoms with Gasteiger partial charge in [-0.15, -0.1) is 11.3 Å². The van der Waals surface area contributed by atoms with Crippen LogP contribution in [0.5, 0.6) is 11.5 Å². The van der Waals surface area contributed by atoms with Crippen LogP contribution in [0.25, 0.3) is 0 Å². The van der Waals surface area contributed by atoms with Crippen LogP contribution in [0.4, 0.5) is 0 Å². The number of thiophene rings is 1. The maximum Gasteiger partial charge on any atom is 0.252 e. The molecule has 11 heteroatoms. The summed E-state index contributed by atoms with van der Waals surface area (Å²) in [4.78, 5) is 14.0. The van der Waals surface area contributed by atoms with E-state index in [0.717, 1.165) is 34.5 Å². The molecule has 2 heterocycles. The zero-order valence-corrected chi connectivity index (χ0v) is 31.3. The van der Waals surface area contributed by atoms with E-state index in [1.54, 1.807) is 55.0 Å². The highest BCUT2D eigenvalue weighted by atomic mass is 32.2. The summed E-state index contributed by atoms with van der Waals surface area (Å²) in [5.74, 6) is 0.726. The third-order valence-corrected chi connectivity index (χ3v) is 14.2. The minimum absolute atomic E-state index is 0.0330. The lowest BCUT2D eigenvalue weighted by Gasteiger charge is -2.46. The Morgan fingerprint density at radius 2 is 1.88 bits per heavy atom. The molecule has 2 aromatic heterocycles. The number of ether oxygens (including phenoxy) is 2. The number of aliphatic hydroxyl groups excluding tert-OH is 1. The van der Waals surface area contributed by atoms with E-state index in [-0.39, 0.29) is 34.8 Å². The Kier molecular flexibility index (Phi) is 11.0. The summed E-state index contributed by atoms with van der Waals surface area (Å²) < 4.78 is 47.0. The normalized spacial score (nSPS) is 24.2. The fourth-order valence-corrected chi connectivity index (χ4v) is 10.6. The highest BCUT2D eigenvalue weighted by Crippen LogP contribution is 2.59. The van der Waals surface area contributed by atoms with Crippen molar-refractivity contribution in [2.45, 2.75) is 87.2 Å². The second kappa shape index (κ2) is 15.1. The van der Waals surface area contributed by atoms with Crippen molar-refractivity contribution in [3.8, 4) is 11.5 Å². The van der Waals surface area contributed by atoms with E-state index in [2.05, 4.69) is 13.0 Å². The van der Waals surface area contributed by atoms with Crippen molar-refractivity contribution in [3.63, 3.8) is 0 Å². The topological polar surface area (TPSA) is 127 Å². The Labute approximate surface area is 304 Å². The Bertz CT molecular complexity index is 1970. The number of rotatable bonds is 10. The lowest BCUT2D eigenvalue weighted by molar-refractivity contribution is -0.0732. The van der Waals surface area contributed by atoms with Gasteiger partial charge in [-0.2, -0.15) is 4.31 Å². The van der Waals surface area contributed by atoms with E-state index in [0.29, 0.717) is 61.2 Å². The Balaban J connectivity index is 1.46. The molecule has 2 aromatic carbocycles. The lowest BCUT2D eigenvalue weighted by atomic mass is 9.65. The molecule has 4 unspecified atom stereocenters. The van der Waals surface area contributed by atoms with Gasteiger partial charge in [0.15, 0.2) is 5.76 Å². The zero-order chi connectivity index (χ0) is 36.4. The molecule has 272 valence electrons. The quantitative estimate of drug-likeness (QED) is 0.127. The summed E-state index contributed by atoms with van der Waals surface area (Å²) in [7, 11) is -0.957. The number of nitrogens with zero attached hydrogens (tertiary/aromatic N) is 1. The van der Waals surface area contributed by atoms with E-state index in [9.17, 15) is 23.4 Å². The van der Waals surface area contributed by atoms with Crippen molar-refractivity contribution in [2.75, 3.05) is 20.8 Å². The van der Waals surface area contributed by atoms with Crippen LogP contribution in [0, 0.1) is 5.41 Å². The van der Waals surface area contributed by atoms with Gasteiger partial charge in [0.2, 0.25) is 5.78 Å². The van der Waals surface area contributed by atoms with E-state index in [1.165, 1.54) is 17.7 Å². The number of carbonyl (C=O) groups is 1. The Morgan fingerprint density at radius 1 is 1.06 bits per heavy atom. The largest absolute Gasteiger partial charge is 0.497 e. The van der Waals surface area contributed by atoms with Crippen molar-refractivity contribution >= 4 is 27.1 Å². The molecule has 0 radical (unpaired) electrons. The first kappa shape index (κ1) is 37.0. The summed E-state index contributed by atoms with van der Waals surface area (Å²) >= 11 is 1.14. The van der Waals surface area contributed by atoms with E-state index < -0.39 is 27.1 Å². The van der Waals surface area contributed by atoms with Crippen LogP contribution in [-0.2, 0) is 23.0 Å². The highest BCUT2D eigenvalue weighted by Gasteiger charge is 2.58. The predicted molar refractivity (Wildman–Crippen MR) is 197 cm³/mol. The van der Waals surface area contributed by atoms with Gasteiger partial charge in [0.1, 0.15) is 15.7 Å². The molecule has 0 saturated heterocycles. The molecule has 1 fully saturated rings. The van der Waals surface area contributed by atoms with Crippen LogP contribution in [0.2, 0.25) is 0 Å². The van der Waals surface area contributed by atoms with Gasteiger partial charge in [-0.05, 0) is 105 Å². The lowest BCUT2D eigenvalue weighted by Crippen LogP contribution is -2.53. The molecule has 3 aliphatic carbocycles. The number of allylic oxidation sites excluding steroid dienone is 2. The van der Waals surface area contributed by atoms with Gasteiger partial charge in [-0.25, -0.2) is 8.42 Å². The molecule has 7 rings (SSSR count). The summed E-state index contributed by atoms with van der Waals surface area (Å²) in [5.41, 5.74) is 1.58. The molecule has 2 N–H and O–H groups in total. The number of methoxy groups -OCH3 is 2. The molecule has 51 heavy (non-hydrogen) atoms. The number of benzene rings is 2. The highest BCUT2D eigenvalue weighted by molar-refractivity contribution is 7.91. The molecular weight excluding hydrogens is 687 g/mol. The number of sulfonamides is 1. The number of furan rings is 1. The third-order valence-electron chi connectivity index (χ3n) is 11.0. The molecule has 0 spiro atoms. The van der Waals surface area contributed by atoms with Crippen molar-refractivity contribution in [1.82, 2.24) is 4.31 Å². The predicted octanol–water partition coefficient (Wildman–Crippen LogP) is 7.52. The second-order valence-corrected chi connectivity index (χ2v) is 17.2. The molecule has 3 aliphatic rings. The molecule has 4 aromatic rings. The fraction of sp³-hybridized carbons (Fsp3) is 0.425. The first-order chi connectivity index (χ1) is 24.4. The first-order valence-corrected chi connectivity index (χ1v) is 19.7. The van der Waals surface area contributed by atoms with Crippen molar-refractivity contribution in [1.29, 1.82) is 0 Å². The maximum absolute atomic E-state index is 14.4. The number of hydrogen-bond acceptors (Lipinski definition) is 9. The van der Waals surface area contributed by atoms with Gasteiger partial charge in [0.05, 0.1) is 32.2 Å². The number of fused-ring (bicyclic) bond motifs is 8. The molecule has 9 nitrogen and oxygen atoms in total. The molecule has 0 aliphatic heterocycles. The maximum atomic E-state index is 14.4. The molecule has 1 saturated carbocycles. The summed E-state index contributed by atoms with van der Waals surface area (Å²) in [6.07, 6.45) is 6.83. The van der Waals surface area contributed by atoms with Gasteiger partial charge in [0.25, 0.3) is 10.0 Å². The minimum atomic E-state index is -4.05. The fourth-order valence-electron chi connectivity index (χ4n) is 7.96. The zero-order valence-electron chi connectivity index (χ0n) is 29.6. The molecule has 0 amide bonds. The van der Waals surface area contributed by atoms with Gasteiger partial charge in [0, 0.05) is 35.7 Å². The van der Waals surface area contributed by atoms with E-state index >= 15 is 0 Å². The van der Waals surface area contributed by atoms with Crippen LogP contribution in [0.15, 0.2) is 92.6 Å². The number of carbonyl (C=O) groups excluding carboxylic acids is 1. The summed E-state index contributed by atoms with van der Waals surface area (Å²) in [5, 5.41) is 25.6. The Hall–Kier alpha value is -3.74. The summed E-state index contributed by atoms with van der Waals surface area (Å²) in [6.45, 7) is 3.91. The van der Waals surface area contributed by atoms with Crippen LogP contribution in [-0.4, -0.2) is 61.2 Å². The van der Waals surface area contributed by atoms with Gasteiger partial charge >= 0.3 is 0 Å². The average Bonchev–Trinajstić information content (AvgIpc) is 3.90. The smallest absolute Gasteiger partial charge is 0.252 e. The van der Waals surface area contributed by atoms with Crippen LogP contribution < -0.4 is 9.47 Å². The first-order valence-electron chi connectivity index (χ1n) is 17.4. The van der Waals surface area contributed by atoms with Gasteiger partial charge in [-0.1, -0.05) is 42.8 Å². The summed E-state index contributed by atoms with van der Waals surface area (Å²) in [6, 6.07) is 17.7. The standard InChI is InChI=1S/C40H47NO8S2/c1-27-8-5-18-39(2)34(32-16-12-28(22-30(42)14-11-27)23-33(32)38(43)35-9-6-20-49-35)17-19-40(39,44)26-41(51(45,46)37-10-7-21-50-37)25-29-13-15-31(47-3)24-36(29)48-4/h6-10,12-13,15-16,20-21,23-24,30,34,42,44H,5,11,14,17-19,22,25-26H2,1-4H3. The van der Waals surface area contributed by atoms with Crippen LogP contribution >= 0.6 is 11.3 Å². The average molecular weight is 734 g/mol. The van der Waals surface area contributed by atoms with Crippen LogP contribution in [0.1, 0.15) is 91.1 Å². The minimum Gasteiger partial charge on any atom is -0.497 e. The van der Waals surface area contributed by atoms with Crippen LogP contribution in [0.3, 0.4) is 0 Å². The molecular formula is C40H47NO8S2. The number of aliphatic hydroxyl groups is 2. The monoisotopic (exact) mass is 733 g/mol. The Morgan fingerprint density at radius 3 is 2.59 bits per heavy atom. The van der Waals surface area contributed by atoms with Gasteiger partial charge < -0.3 is 24.1 Å². The van der Waals surface area contributed by atoms with Gasteiger partial charge in [-0.3, -0.25) is 4.79 Å². The number of hydrogen-bond donors (Lipinski definition) is 2. The second-order valence-electron chi connectivity index (χ2n) is 14.1. The SMILES string of the molecule is COc1ccc(CN(CC2(O)CCC3c4ccc(cc4C(=O)c4ccco4)CC(O)CCC(C)=CCCC32C)S(=O)(=O)c2cccs2)c(OC)c1. The van der Waals surface area contributed by atoms with Crippen molar-refractivity contribution < 1.29 is 37.3 Å². The van der Waals surface area contributed by atoms with E-state index in [1.807, 2.05) is 25.1 Å². The van der Waals surface area contributed by atoms with Crippen molar-refractivity contribution in [2.24, 2.45) is 5.41 Å². The molecule has 2 bridgehead atoms.